The van der Waals surface area contributed by atoms with Gasteiger partial charge in [-0.1, -0.05) is 109 Å². The van der Waals surface area contributed by atoms with Crippen LogP contribution >= 0.6 is 0 Å². The van der Waals surface area contributed by atoms with E-state index >= 15 is 0 Å². The van der Waals surface area contributed by atoms with E-state index in [2.05, 4.69) is 40.7 Å². The molecule has 0 heterocycles. The lowest BCUT2D eigenvalue weighted by atomic mass is 9.91. The molecule has 0 fully saturated rings. The molecule has 4 nitrogen and oxygen atoms in total. The number of benzene rings is 2. The van der Waals surface area contributed by atoms with E-state index in [4.69, 9.17) is 9.47 Å². The summed E-state index contributed by atoms with van der Waals surface area (Å²) < 4.78 is 11.4. The summed E-state index contributed by atoms with van der Waals surface area (Å²) in [6.07, 6.45) is 14.4. The maximum absolute atomic E-state index is 12.0. The van der Waals surface area contributed by atoms with Crippen LogP contribution < -0.4 is 9.47 Å². The predicted octanol–water partition coefficient (Wildman–Crippen LogP) is 9.93. The zero-order valence-electron chi connectivity index (χ0n) is 25.8. The van der Waals surface area contributed by atoms with Crippen LogP contribution in [0, 0.1) is 24.7 Å². The fourth-order valence-corrected chi connectivity index (χ4v) is 5.42. The van der Waals surface area contributed by atoms with E-state index < -0.39 is 0 Å². The topological polar surface area (TPSA) is 52.6 Å². The van der Waals surface area contributed by atoms with Crippen molar-refractivity contribution in [2.75, 3.05) is 0 Å². The third kappa shape index (κ3) is 11.2. The first-order chi connectivity index (χ1) is 18.5. The Kier molecular flexibility index (Phi) is 13.8. The fourth-order valence-electron chi connectivity index (χ4n) is 5.42. The molecular weight excluding hydrogens is 484 g/mol. The molecule has 2 aromatic carbocycles. The van der Waals surface area contributed by atoms with Gasteiger partial charge in [-0.3, -0.25) is 9.59 Å². The van der Waals surface area contributed by atoms with Crippen molar-refractivity contribution in [2.24, 2.45) is 17.8 Å². The molecule has 0 aliphatic rings. The van der Waals surface area contributed by atoms with Gasteiger partial charge in [0.2, 0.25) is 0 Å². The Morgan fingerprint density at radius 2 is 1.23 bits per heavy atom. The number of carbonyl (C=O) groups is 2. The van der Waals surface area contributed by atoms with Gasteiger partial charge >= 0.3 is 11.9 Å². The summed E-state index contributed by atoms with van der Waals surface area (Å²) in [6, 6.07) is 7.61. The molecule has 2 atom stereocenters. The van der Waals surface area contributed by atoms with Gasteiger partial charge in [-0.15, -0.1) is 0 Å². The molecule has 39 heavy (non-hydrogen) atoms. The van der Waals surface area contributed by atoms with Gasteiger partial charge in [-0.05, 0) is 56.4 Å². The van der Waals surface area contributed by atoms with E-state index in [1.165, 1.54) is 70.8 Å². The van der Waals surface area contributed by atoms with Crippen molar-refractivity contribution in [3.63, 3.8) is 0 Å². The summed E-state index contributed by atoms with van der Waals surface area (Å²) in [7, 11) is 0. The average molecular weight is 537 g/mol. The normalized spacial score (nSPS) is 13.5. The van der Waals surface area contributed by atoms with Crippen molar-refractivity contribution in [3.8, 4) is 11.5 Å². The maximum atomic E-state index is 12.0. The van der Waals surface area contributed by atoms with Crippen molar-refractivity contribution in [3.05, 3.63) is 47.0 Å². The van der Waals surface area contributed by atoms with E-state index in [1.807, 2.05) is 31.2 Å². The summed E-state index contributed by atoms with van der Waals surface area (Å²) in [5.74, 6) is 2.79. The lowest BCUT2D eigenvalue weighted by Crippen LogP contribution is -2.09. The summed E-state index contributed by atoms with van der Waals surface area (Å²) in [4.78, 5) is 23.9. The molecule has 0 saturated carbocycles. The first kappa shape index (κ1) is 32.6. The average Bonchev–Trinajstić information content (AvgIpc) is 2.85. The molecule has 0 aromatic heterocycles. The summed E-state index contributed by atoms with van der Waals surface area (Å²) in [5, 5.41) is 1.54. The highest BCUT2D eigenvalue weighted by Crippen LogP contribution is 2.41. The van der Waals surface area contributed by atoms with Gasteiger partial charge in [0.1, 0.15) is 11.5 Å². The molecule has 0 N–H and O–H groups in total. The first-order valence-corrected chi connectivity index (χ1v) is 15.1. The van der Waals surface area contributed by atoms with E-state index in [1.54, 1.807) is 0 Å². The maximum Gasteiger partial charge on any atom is 0.308 e. The molecule has 2 unspecified atom stereocenters. The minimum atomic E-state index is -0.365. The second kappa shape index (κ2) is 16.5. The Bertz CT molecular complexity index is 1110. The van der Waals surface area contributed by atoms with Gasteiger partial charge < -0.3 is 9.47 Å². The number of allylic oxidation sites excluding steroid dienone is 2. The standard InChI is InChI=1S/C35H52O4/c1-24(2)14-11-15-25(3)16-12-17-26(4)18-13-19-27(5)22-23-31-28(6)34(38-29(7)36)32-20-9-10-21-33(32)35(31)39-30(8)37/h9-10,20-22,24-26H,11-19,23H2,1-8H3. The van der Waals surface area contributed by atoms with Crippen LogP contribution in [0.3, 0.4) is 0 Å². The molecule has 0 aliphatic heterocycles. The van der Waals surface area contributed by atoms with Crippen molar-refractivity contribution in [1.29, 1.82) is 0 Å². The van der Waals surface area contributed by atoms with Crippen LogP contribution in [-0.2, 0) is 16.0 Å². The SMILES string of the molecule is CC(=O)Oc1c(C)c(CC=C(C)CCCC(C)CCCC(C)CCCC(C)C)c(OC(C)=O)c2ccccc12. The molecule has 216 valence electrons. The lowest BCUT2D eigenvalue weighted by molar-refractivity contribution is -0.133. The Hall–Kier alpha value is -2.62. The highest BCUT2D eigenvalue weighted by atomic mass is 16.5. The zero-order chi connectivity index (χ0) is 28.9. The molecule has 0 bridgehead atoms. The molecule has 0 amide bonds. The van der Waals surface area contributed by atoms with Crippen LogP contribution in [0.2, 0.25) is 0 Å². The smallest absolute Gasteiger partial charge is 0.308 e. The summed E-state index contributed by atoms with van der Waals surface area (Å²) in [5.41, 5.74) is 3.04. The quantitative estimate of drug-likeness (QED) is 0.122. The van der Waals surface area contributed by atoms with Crippen LogP contribution in [0.5, 0.6) is 11.5 Å². The molecule has 4 heteroatoms. The van der Waals surface area contributed by atoms with E-state index in [-0.39, 0.29) is 11.9 Å². The van der Waals surface area contributed by atoms with Crippen LogP contribution in [0.25, 0.3) is 10.8 Å². The largest absolute Gasteiger partial charge is 0.426 e. The molecular formula is C35H52O4. The number of hydrogen-bond acceptors (Lipinski definition) is 4. The Morgan fingerprint density at radius 1 is 0.744 bits per heavy atom. The third-order valence-corrected chi connectivity index (χ3v) is 7.77. The molecule has 0 radical (unpaired) electrons. The van der Waals surface area contributed by atoms with Crippen LogP contribution in [0.4, 0.5) is 0 Å². The molecule has 0 aliphatic carbocycles. The Balaban J connectivity index is 1.99. The molecule has 2 rings (SSSR count). The number of rotatable bonds is 16. The lowest BCUT2D eigenvalue weighted by Gasteiger charge is -2.19. The zero-order valence-corrected chi connectivity index (χ0v) is 25.8. The van der Waals surface area contributed by atoms with Crippen LogP contribution in [0.15, 0.2) is 35.9 Å². The third-order valence-electron chi connectivity index (χ3n) is 7.77. The Morgan fingerprint density at radius 3 is 1.77 bits per heavy atom. The van der Waals surface area contributed by atoms with Gasteiger partial charge in [-0.2, -0.15) is 0 Å². The summed E-state index contributed by atoms with van der Waals surface area (Å²) >= 11 is 0. The monoisotopic (exact) mass is 536 g/mol. The first-order valence-electron chi connectivity index (χ1n) is 15.1. The van der Waals surface area contributed by atoms with E-state index in [0.29, 0.717) is 17.9 Å². The van der Waals surface area contributed by atoms with E-state index in [0.717, 1.165) is 46.1 Å². The van der Waals surface area contributed by atoms with Crippen molar-refractivity contribution >= 4 is 22.7 Å². The van der Waals surface area contributed by atoms with Gasteiger partial charge in [-0.25, -0.2) is 0 Å². The predicted molar refractivity (Wildman–Crippen MR) is 163 cm³/mol. The molecule has 2 aromatic rings. The van der Waals surface area contributed by atoms with Crippen molar-refractivity contribution in [2.45, 2.75) is 120 Å². The Labute approximate surface area is 237 Å². The number of fused-ring (bicyclic) bond motifs is 1. The van der Waals surface area contributed by atoms with Crippen molar-refractivity contribution in [1.82, 2.24) is 0 Å². The second-order valence-electron chi connectivity index (χ2n) is 12.1. The fraction of sp³-hybridized carbons (Fsp3) is 0.600. The van der Waals surface area contributed by atoms with Crippen LogP contribution in [-0.4, -0.2) is 11.9 Å². The molecule has 0 saturated heterocycles. The van der Waals surface area contributed by atoms with E-state index in [9.17, 15) is 9.59 Å². The minimum Gasteiger partial charge on any atom is -0.426 e. The number of esters is 2. The minimum absolute atomic E-state index is 0.360. The second-order valence-corrected chi connectivity index (χ2v) is 12.1. The summed E-state index contributed by atoms with van der Waals surface area (Å²) in [6.45, 7) is 16.4. The number of ether oxygens (including phenoxy) is 2. The van der Waals surface area contributed by atoms with Gasteiger partial charge in [0, 0.05) is 30.2 Å². The number of hydrogen-bond donors (Lipinski definition) is 0. The van der Waals surface area contributed by atoms with Crippen LogP contribution in [0.1, 0.15) is 117 Å². The highest BCUT2D eigenvalue weighted by molar-refractivity contribution is 5.98. The van der Waals surface area contributed by atoms with Crippen molar-refractivity contribution < 1.29 is 19.1 Å². The van der Waals surface area contributed by atoms with Gasteiger partial charge in [0.25, 0.3) is 0 Å². The molecule has 0 spiro atoms. The van der Waals surface area contributed by atoms with Gasteiger partial charge in [0.15, 0.2) is 0 Å². The van der Waals surface area contributed by atoms with Gasteiger partial charge in [0.05, 0.1) is 0 Å². The highest BCUT2D eigenvalue weighted by Gasteiger charge is 2.20. The number of carbonyl (C=O) groups excluding carboxylic acids is 2.